The average Bonchev–Trinajstić information content (AvgIpc) is 3.21. The van der Waals surface area contributed by atoms with Gasteiger partial charge in [-0.05, 0) is 49.9 Å². The number of aryl methyl sites for hydroxylation is 2. The maximum Gasteiger partial charge on any atom is 0.247 e. The normalized spacial score (nSPS) is 20.0. The Kier molecular flexibility index (Phi) is 4.75. The van der Waals surface area contributed by atoms with Gasteiger partial charge in [0.2, 0.25) is 5.91 Å². The van der Waals surface area contributed by atoms with E-state index in [1.807, 2.05) is 13.8 Å². The zero-order valence-electron chi connectivity index (χ0n) is 14.0. The predicted octanol–water partition coefficient (Wildman–Crippen LogP) is 2.61. The van der Waals surface area contributed by atoms with Crippen LogP contribution in [0.25, 0.3) is 0 Å². The number of hydrogen-bond acceptors (Lipinski definition) is 5. The van der Waals surface area contributed by atoms with E-state index in [1.54, 1.807) is 18.2 Å². The van der Waals surface area contributed by atoms with Crippen LogP contribution in [0.2, 0.25) is 0 Å². The third kappa shape index (κ3) is 2.88. The summed E-state index contributed by atoms with van der Waals surface area (Å²) in [5.41, 5.74) is 1.95. The molecule has 1 fully saturated rings. The second-order valence-electron chi connectivity index (χ2n) is 6.44. The molecule has 24 heavy (non-hydrogen) atoms. The van der Waals surface area contributed by atoms with Crippen molar-refractivity contribution in [2.75, 3.05) is 12.3 Å². The van der Waals surface area contributed by atoms with Crippen LogP contribution in [0.4, 0.5) is 0 Å². The fourth-order valence-electron chi connectivity index (χ4n) is 3.29. The molecule has 0 saturated heterocycles. The summed E-state index contributed by atoms with van der Waals surface area (Å²) in [5, 5.41) is 3.30. The molecule has 1 amide bonds. The summed E-state index contributed by atoms with van der Waals surface area (Å²) in [6.07, 6.45) is 2.23. The van der Waals surface area contributed by atoms with Gasteiger partial charge in [-0.3, -0.25) is 9.79 Å². The van der Waals surface area contributed by atoms with Gasteiger partial charge in [0.25, 0.3) is 0 Å². The van der Waals surface area contributed by atoms with Crippen molar-refractivity contribution in [1.29, 1.82) is 0 Å². The van der Waals surface area contributed by atoms with Crippen LogP contribution in [-0.4, -0.2) is 36.5 Å². The number of rotatable bonds is 3. The monoisotopic (exact) mass is 366 g/mol. The third-order valence-corrected chi connectivity index (χ3v) is 8.32. The summed E-state index contributed by atoms with van der Waals surface area (Å²) in [6, 6.07) is 5.10. The van der Waals surface area contributed by atoms with E-state index in [-0.39, 0.29) is 4.90 Å². The highest BCUT2D eigenvalue weighted by Crippen LogP contribution is 2.41. The van der Waals surface area contributed by atoms with Crippen molar-refractivity contribution in [3.8, 4) is 0 Å². The molecule has 0 radical (unpaired) electrons. The van der Waals surface area contributed by atoms with Crippen LogP contribution in [0.1, 0.15) is 36.8 Å². The first kappa shape index (κ1) is 17.5. The molecule has 0 aromatic heterocycles. The van der Waals surface area contributed by atoms with Crippen LogP contribution in [0.3, 0.4) is 0 Å². The van der Waals surface area contributed by atoms with Crippen LogP contribution in [-0.2, 0) is 14.6 Å². The second-order valence-corrected chi connectivity index (χ2v) is 9.78. The molecule has 1 aromatic rings. The lowest BCUT2D eigenvalue weighted by atomic mass is 10.1. The second kappa shape index (κ2) is 6.52. The molecule has 3 rings (SSSR count). The van der Waals surface area contributed by atoms with Crippen molar-refractivity contribution in [2.45, 2.75) is 49.2 Å². The Morgan fingerprint density at radius 1 is 1.21 bits per heavy atom. The minimum Gasteiger partial charge on any atom is -0.304 e. The van der Waals surface area contributed by atoms with Gasteiger partial charge in [0, 0.05) is 5.75 Å². The number of carbonyl (C=O) groups is 1. The highest BCUT2D eigenvalue weighted by molar-refractivity contribution is 8.14. The fraction of sp³-hybridized carbons (Fsp3) is 0.529. The Bertz CT molecular complexity index is 794. The highest BCUT2D eigenvalue weighted by Gasteiger charge is 2.53. The molecule has 0 unspecified atom stereocenters. The fourth-order valence-corrected chi connectivity index (χ4v) is 6.17. The minimum absolute atomic E-state index is 0.240. The lowest BCUT2D eigenvalue weighted by Crippen LogP contribution is -2.51. The number of carbonyl (C=O) groups excluding carboxylic acids is 1. The van der Waals surface area contributed by atoms with Crippen molar-refractivity contribution >= 4 is 32.7 Å². The van der Waals surface area contributed by atoms with Gasteiger partial charge in [-0.15, -0.1) is 0 Å². The smallest absolute Gasteiger partial charge is 0.247 e. The topological polar surface area (TPSA) is 75.6 Å². The molecule has 1 aliphatic heterocycles. The molecule has 0 bridgehead atoms. The molecule has 2 aliphatic rings. The average molecular weight is 367 g/mol. The number of aliphatic imine (C=N–C) groups is 1. The van der Waals surface area contributed by atoms with E-state index in [2.05, 4.69) is 10.3 Å². The summed E-state index contributed by atoms with van der Waals surface area (Å²) in [6.45, 7) is 4.50. The molecule has 5 nitrogen and oxygen atoms in total. The maximum absolute atomic E-state index is 13.3. The van der Waals surface area contributed by atoms with E-state index >= 15 is 0 Å². The zero-order chi connectivity index (χ0) is 17.4. The number of thioether (sulfide) groups is 1. The number of nitrogens with zero attached hydrogens (tertiary/aromatic N) is 1. The van der Waals surface area contributed by atoms with Crippen molar-refractivity contribution in [3.63, 3.8) is 0 Å². The molecule has 0 atom stereocenters. The van der Waals surface area contributed by atoms with E-state index in [1.165, 1.54) is 11.8 Å². The molecule has 1 aliphatic carbocycles. The predicted molar refractivity (Wildman–Crippen MR) is 97.2 cm³/mol. The molecule has 1 saturated carbocycles. The van der Waals surface area contributed by atoms with Crippen molar-refractivity contribution in [1.82, 2.24) is 5.32 Å². The van der Waals surface area contributed by atoms with Crippen LogP contribution in [0, 0.1) is 13.8 Å². The molecule has 1 aromatic carbocycles. The van der Waals surface area contributed by atoms with Crippen LogP contribution >= 0.6 is 11.8 Å². The molecular weight excluding hydrogens is 344 g/mol. The Balaban J connectivity index is 1.99. The van der Waals surface area contributed by atoms with E-state index in [9.17, 15) is 13.2 Å². The molecule has 130 valence electrons. The lowest BCUT2D eigenvalue weighted by Gasteiger charge is -2.27. The largest absolute Gasteiger partial charge is 0.304 e. The number of benzene rings is 1. The van der Waals surface area contributed by atoms with Gasteiger partial charge in [-0.2, -0.15) is 0 Å². The van der Waals surface area contributed by atoms with Gasteiger partial charge in [0.15, 0.2) is 19.8 Å². The number of amidine groups is 1. The standard InChI is InChI=1S/C17H22N2O3S2/c1-12-5-6-14(11-13(12)2)24(21,22)17(7-3-4-8-17)15(20)19-16-18-9-10-23-16/h5-6,11H,3-4,7-10H2,1-2H3,(H,18,19,20). The Labute approximate surface area is 147 Å². The summed E-state index contributed by atoms with van der Waals surface area (Å²) in [4.78, 5) is 17.4. The van der Waals surface area contributed by atoms with Gasteiger partial charge in [-0.1, -0.05) is 30.7 Å². The van der Waals surface area contributed by atoms with Gasteiger partial charge in [0.05, 0.1) is 11.4 Å². The Hall–Kier alpha value is -1.34. The maximum atomic E-state index is 13.3. The lowest BCUT2D eigenvalue weighted by molar-refractivity contribution is -0.122. The van der Waals surface area contributed by atoms with E-state index < -0.39 is 20.5 Å². The SMILES string of the molecule is Cc1ccc(S(=O)(=O)C2(C(=O)NC3=NCCS3)CCCC2)cc1C. The minimum atomic E-state index is -3.76. The zero-order valence-corrected chi connectivity index (χ0v) is 15.6. The van der Waals surface area contributed by atoms with E-state index in [0.717, 1.165) is 29.7 Å². The molecule has 0 spiro atoms. The van der Waals surface area contributed by atoms with Gasteiger partial charge >= 0.3 is 0 Å². The number of sulfone groups is 1. The Morgan fingerprint density at radius 2 is 1.92 bits per heavy atom. The number of nitrogens with one attached hydrogen (secondary N) is 1. The summed E-state index contributed by atoms with van der Waals surface area (Å²) in [7, 11) is -3.76. The van der Waals surface area contributed by atoms with Gasteiger partial charge in [-0.25, -0.2) is 8.42 Å². The summed E-state index contributed by atoms with van der Waals surface area (Å²) in [5.74, 6) is 0.401. The molecule has 1 heterocycles. The molecule has 7 heteroatoms. The van der Waals surface area contributed by atoms with Crippen molar-refractivity contribution in [2.24, 2.45) is 4.99 Å². The third-order valence-electron chi connectivity index (χ3n) is 4.93. The van der Waals surface area contributed by atoms with E-state index in [0.29, 0.717) is 24.6 Å². The van der Waals surface area contributed by atoms with Crippen LogP contribution in [0.5, 0.6) is 0 Å². The number of amides is 1. The Morgan fingerprint density at radius 3 is 2.50 bits per heavy atom. The van der Waals surface area contributed by atoms with Gasteiger partial charge in [0.1, 0.15) is 0 Å². The van der Waals surface area contributed by atoms with Crippen LogP contribution in [0.15, 0.2) is 28.1 Å². The first-order valence-electron chi connectivity index (χ1n) is 8.17. The highest BCUT2D eigenvalue weighted by atomic mass is 32.2. The van der Waals surface area contributed by atoms with Crippen molar-refractivity contribution in [3.05, 3.63) is 29.3 Å². The first-order valence-corrected chi connectivity index (χ1v) is 10.6. The van der Waals surface area contributed by atoms with Crippen LogP contribution < -0.4 is 5.32 Å². The quantitative estimate of drug-likeness (QED) is 0.892. The summed E-state index contributed by atoms with van der Waals surface area (Å²) < 4.78 is 25.3. The molecular formula is C17H22N2O3S2. The van der Waals surface area contributed by atoms with Crippen molar-refractivity contribution < 1.29 is 13.2 Å². The first-order chi connectivity index (χ1) is 11.4. The van der Waals surface area contributed by atoms with Gasteiger partial charge < -0.3 is 5.32 Å². The van der Waals surface area contributed by atoms with E-state index in [4.69, 9.17) is 0 Å². The molecule has 1 N–H and O–H groups in total. The number of hydrogen-bond donors (Lipinski definition) is 1. The summed E-state index contributed by atoms with van der Waals surface area (Å²) >= 11 is 1.46.